The van der Waals surface area contributed by atoms with E-state index in [1.54, 1.807) is 11.5 Å². The predicted octanol–water partition coefficient (Wildman–Crippen LogP) is -1.08. The van der Waals surface area contributed by atoms with Gasteiger partial charge in [-0.3, -0.25) is 4.79 Å². The Bertz CT molecular complexity index is 413. The SMILES string of the molecule is O=C(C[n+]1cccs1)c1ccccc1.[Br-]. The minimum Gasteiger partial charge on any atom is -1.00 e. The van der Waals surface area contributed by atoms with Gasteiger partial charge in [-0.05, 0) is 0 Å². The molecule has 1 aromatic heterocycles. The molecule has 1 aromatic carbocycles. The van der Waals surface area contributed by atoms with E-state index in [1.807, 2.05) is 51.9 Å². The first-order valence-electron chi connectivity index (χ1n) is 4.38. The molecule has 0 fully saturated rings. The molecule has 78 valence electrons. The van der Waals surface area contributed by atoms with E-state index < -0.39 is 0 Å². The highest BCUT2D eigenvalue weighted by molar-refractivity contribution is 6.99. The van der Waals surface area contributed by atoms with E-state index in [0.717, 1.165) is 5.56 Å². The second kappa shape index (κ2) is 5.78. The molecular weight excluding hydrogens is 274 g/mol. The van der Waals surface area contributed by atoms with Crippen LogP contribution in [0.15, 0.2) is 48.0 Å². The first-order valence-corrected chi connectivity index (χ1v) is 5.21. The van der Waals surface area contributed by atoms with Gasteiger partial charge in [0.1, 0.15) is 11.5 Å². The zero-order valence-electron chi connectivity index (χ0n) is 7.97. The van der Waals surface area contributed by atoms with Gasteiger partial charge in [-0.25, -0.2) is 0 Å². The Balaban J connectivity index is 0.00000112. The fourth-order valence-corrected chi connectivity index (χ4v) is 1.86. The van der Waals surface area contributed by atoms with E-state index in [2.05, 4.69) is 0 Å². The van der Waals surface area contributed by atoms with Gasteiger partial charge in [-0.1, -0.05) is 30.3 Å². The number of carbonyl (C=O) groups excluding carboxylic acids is 1. The normalized spacial score (nSPS) is 9.33. The lowest BCUT2D eigenvalue weighted by atomic mass is 10.1. The molecule has 0 radical (unpaired) electrons. The summed E-state index contributed by atoms with van der Waals surface area (Å²) in [6.07, 6.45) is 1.91. The lowest BCUT2D eigenvalue weighted by molar-refractivity contribution is -0.613. The molecule has 0 spiro atoms. The highest BCUT2D eigenvalue weighted by atomic mass is 79.9. The number of Topliss-reactive ketones (excluding diaryl/α,β-unsaturated/α-hetero) is 1. The average Bonchev–Trinajstić information content (AvgIpc) is 2.72. The average molecular weight is 284 g/mol. The van der Waals surface area contributed by atoms with Crippen LogP contribution in [0.3, 0.4) is 0 Å². The number of carbonyl (C=O) groups is 1. The van der Waals surface area contributed by atoms with Gasteiger partial charge in [-0.2, -0.15) is 0 Å². The zero-order chi connectivity index (χ0) is 9.80. The summed E-state index contributed by atoms with van der Waals surface area (Å²) in [4.78, 5) is 11.7. The number of ketones is 1. The molecule has 2 nitrogen and oxygen atoms in total. The Labute approximate surface area is 103 Å². The largest absolute Gasteiger partial charge is 1.00 e. The fraction of sp³-hybridized carbons (Fsp3) is 0.0909. The van der Waals surface area contributed by atoms with Crippen LogP contribution in [0.4, 0.5) is 0 Å². The summed E-state index contributed by atoms with van der Waals surface area (Å²) in [5, 5.41) is 1.96. The van der Waals surface area contributed by atoms with Crippen molar-refractivity contribution in [3.05, 3.63) is 53.5 Å². The molecule has 0 bridgehead atoms. The smallest absolute Gasteiger partial charge is 0.228 e. The molecule has 0 saturated carbocycles. The van der Waals surface area contributed by atoms with E-state index in [4.69, 9.17) is 0 Å². The molecule has 0 atom stereocenters. The lowest BCUT2D eigenvalue weighted by Gasteiger charge is -1.94. The molecule has 0 amide bonds. The van der Waals surface area contributed by atoms with Crippen LogP contribution in [0.1, 0.15) is 10.4 Å². The number of hydrogen-bond donors (Lipinski definition) is 0. The third kappa shape index (κ3) is 3.25. The van der Waals surface area contributed by atoms with Crippen molar-refractivity contribution in [2.45, 2.75) is 6.54 Å². The van der Waals surface area contributed by atoms with Gasteiger partial charge < -0.3 is 17.0 Å². The first-order chi connectivity index (χ1) is 6.86. The quantitative estimate of drug-likeness (QED) is 0.519. The second-order valence-corrected chi connectivity index (χ2v) is 3.90. The number of aromatic nitrogens is 1. The maximum Gasteiger partial charge on any atom is 0.228 e. The standard InChI is InChI=1S/C11H10NOS.BrH/c13-11(9-12-7-4-8-14-12)10-5-2-1-3-6-10;/h1-8H,9H2;1H/q+1;/p-1. The number of rotatable bonds is 3. The summed E-state index contributed by atoms with van der Waals surface area (Å²) in [7, 11) is 0. The number of halogens is 1. The minimum atomic E-state index is 0. The molecule has 2 rings (SSSR count). The highest BCUT2D eigenvalue weighted by Gasteiger charge is 2.11. The van der Waals surface area contributed by atoms with Crippen molar-refractivity contribution >= 4 is 17.3 Å². The maximum absolute atomic E-state index is 11.7. The van der Waals surface area contributed by atoms with E-state index in [0.29, 0.717) is 6.54 Å². The fourth-order valence-electron chi connectivity index (χ4n) is 1.23. The maximum atomic E-state index is 11.7. The van der Waals surface area contributed by atoms with Gasteiger partial charge in [0.25, 0.3) is 0 Å². The van der Waals surface area contributed by atoms with Crippen molar-refractivity contribution in [1.29, 1.82) is 0 Å². The van der Waals surface area contributed by atoms with Crippen LogP contribution in [0, 0.1) is 0 Å². The van der Waals surface area contributed by atoms with Crippen LogP contribution >= 0.6 is 11.5 Å². The third-order valence-corrected chi connectivity index (χ3v) is 2.72. The van der Waals surface area contributed by atoms with Gasteiger partial charge in [0, 0.05) is 11.6 Å². The Kier molecular flexibility index (Phi) is 4.65. The van der Waals surface area contributed by atoms with Crippen molar-refractivity contribution in [2.75, 3.05) is 0 Å². The molecule has 15 heavy (non-hydrogen) atoms. The third-order valence-electron chi connectivity index (χ3n) is 1.92. The summed E-state index contributed by atoms with van der Waals surface area (Å²) in [5.74, 6) is 0.151. The van der Waals surface area contributed by atoms with Gasteiger partial charge in [0.15, 0.2) is 6.20 Å². The summed E-state index contributed by atoms with van der Waals surface area (Å²) in [6, 6.07) is 11.3. The Hall–Kier alpha value is -1.00. The summed E-state index contributed by atoms with van der Waals surface area (Å²) < 4.78 is 1.91. The lowest BCUT2D eigenvalue weighted by Crippen LogP contribution is -3.00. The summed E-state index contributed by atoms with van der Waals surface area (Å²) in [5.41, 5.74) is 0.772. The zero-order valence-corrected chi connectivity index (χ0v) is 10.4. The monoisotopic (exact) mass is 283 g/mol. The van der Waals surface area contributed by atoms with Crippen molar-refractivity contribution in [2.24, 2.45) is 0 Å². The van der Waals surface area contributed by atoms with E-state index in [-0.39, 0.29) is 22.8 Å². The predicted molar refractivity (Wildman–Crippen MR) is 55.3 cm³/mol. The first kappa shape index (κ1) is 12.1. The molecule has 2 aromatic rings. The van der Waals surface area contributed by atoms with Crippen LogP contribution in [0.2, 0.25) is 0 Å². The Morgan fingerprint density at radius 3 is 2.53 bits per heavy atom. The van der Waals surface area contributed by atoms with Crippen LogP contribution < -0.4 is 20.9 Å². The molecule has 1 heterocycles. The van der Waals surface area contributed by atoms with Crippen LogP contribution in [-0.2, 0) is 6.54 Å². The summed E-state index contributed by atoms with van der Waals surface area (Å²) >= 11 is 1.54. The Morgan fingerprint density at radius 2 is 1.93 bits per heavy atom. The van der Waals surface area contributed by atoms with E-state index in [9.17, 15) is 4.79 Å². The molecule has 0 aliphatic rings. The molecule has 0 aliphatic carbocycles. The van der Waals surface area contributed by atoms with Crippen LogP contribution in [0.25, 0.3) is 0 Å². The summed E-state index contributed by atoms with van der Waals surface area (Å²) in [6.45, 7) is 0.432. The molecular formula is C11H10BrNOS. The van der Waals surface area contributed by atoms with Crippen molar-refractivity contribution in [1.82, 2.24) is 0 Å². The molecule has 4 heteroatoms. The topological polar surface area (TPSA) is 20.9 Å². The molecule has 0 N–H and O–H groups in total. The molecule has 0 unspecified atom stereocenters. The number of benzene rings is 1. The molecule has 0 saturated heterocycles. The van der Waals surface area contributed by atoms with Gasteiger partial charge in [0.05, 0.1) is 5.38 Å². The van der Waals surface area contributed by atoms with E-state index >= 15 is 0 Å². The second-order valence-electron chi connectivity index (χ2n) is 2.95. The van der Waals surface area contributed by atoms with E-state index in [1.165, 1.54) is 0 Å². The minimum absolute atomic E-state index is 0. The van der Waals surface area contributed by atoms with Gasteiger partial charge in [0.2, 0.25) is 12.3 Å². The van der Waals surface area contributed by atoms with Crippen LogP contribution in [0.5, 0.6) is 0 Å². The van der Waals surface area contributed by atoms with Crippen molar-refractivity contribution in [3.63, 3.8) is 0 Å². The molecule has 0 aliphatic heterocycles. The van der Waals surface area contributed by atoms with Gasteiger partial charge >= 0.3 is 0 Å². The number of nitrogens with zero attached hydrogens (tertiary/aromatic N) is 1. The van der Waals surface area contributed by atoms with Crippen LogP contribution in [-0.4, -0.2) is 5.78 Å². The Morgan fingerprint density at radius 1 is 1.20 bits per heavy atom. The van der Waals surface area contributed by atoms with Crippen molar-refractivity contribution < 1.29 is 25.7 Å². The number of hydrogen-bond acceptors (Lipinski definition) is 2. The highest BCUT2D eigenvalue weighted by Crippen LogP contribution is 2.00. The van der Waals surface area contributed by atoms with Gasteiger partial charge in [-0.15, -0.1) is 3.96 Å². The van der Waals surface area contributed by atoms with Crippen molar-refractivity contribution in [3.8, 4) is 0 Å².